The van der Waals surface area contributed by atoms with E-state index in [9.17, 15) is 8.42 Å². The molecule has 0 unspecified atom stereocenters. The standard InChI is InChI=1S/C12H14O2S/c13-15(14,11-7-3-1-4-8-11)12-9-5-2-6-10-12/h1,3-4,7-9H,2,5-6,10H2. The quantitative estimate of drug-likeness (QED) is 0.771. The summed E-state index contributed by atoms with van der Waals surface area (Å²) < 4.78 is 24.2. The fourth-order valence-electron chi connectivity index (χ4n) is 1.80. The largest absolute Gasteiger partial charge is 0.219 e. The zero-order valence-electron chi connectivity index (χ0n) is 8.52. The first-order valence-electron chi connectivity index (χ1n) is 5.20. The second-order valence-electron chi connectivity index (χ2n) is 3.73. The van der Waals surface area contributed by atoms with Gasteiger partial charge in [0.1, 0.15) is 0 Å². The van der Waals surface area contributed by atoms with Crippen molar-refractivity contribution in [1.82, 2.24) is 0 Å². The minimum atomic E-state index is -3.20. The Morgan fingerprint density at radius 3 is 2.33 bits per heavy atom. The lowest BCUT2D eigenvalue weighted by Crippen LogP contribution is -2.07. The van der Waals surface area contributed by atoms with Gasteiger partial charge in [0.2, 0.25) is 9.84 Å². The Morgan fingerprint density at radius 2 is 1.73 bits per heavy atom. The average molecular weight is 222 g/mol. The van der Waals surface area contributed by atoms with Crippen molar-refractivity contribution in [3.05, 3.63) is 41.3 Å². The molecule has 1 aliphatic rings. The third-order valence-electron chi connectivity index (χ3n) is 2.65. The van der Waals surface area contributed by atoms with Gasteiger partial charge in [-0.2, -0.15) is 0 Å². The molecule has 80 valence electrons. The number of hydrogen-bond acceptors (Lipinski definition) is 2. The zero-order valence-corrected chi connectivity index (χ0v) is 9.33. The van der Waals surface area contributed by atoms with E-state index < -0.39 is 9.84 Å². The fourth-order valence-corrected chi connectivity index (χ4v) is 3.37. The molecular weight excluding hydrogens is 208 g/mol. The van der Waals surface area contributed by atoms with Crippen LogP contribution >= 0.6 is 0 Å². The minimum absolute atomic E-state index is 0.415. The van der Waals surface area contributed by atoms with Crippen LogP contribution in [0.2, 0.25) is 0 Å². The molecule has 0 atom stereocenters. The summed E-state index contributed by atoms with van der Waals surface area (Å²) in [6.45, 7) is 0. The van der Waals surface area contributed by atoms with Crippen LogP contribution in [0.1, 0.15) is 25.7 Å². The van der Waals surface area contributed by atoms with Crippen molar-refractivity contribution >= 4 is 9.84 Å². The van der Waals surface area contributed by atoms with E-state index in [0.29, 0.717) is 16.2 Å². The zero-order chi connectivity index (χ0) is 10.7. The molecule has 0 heterocycles. The normalized spacial score (nSPS) is 17.2. The van der Waals surface area contributed by atoms with E-state index >= 15 is 0 Å². The number of allylic oxidation sites excluding steroid dienone is 2. The maximum atomic E-state index is 12.1. The van der Waals surface area contributed by atoms with Crippen molar-refractivity contribution < 1.29 is 8.42 Å². The molecule has 1 aliphatic carbocycles. The summed E-state index contributed by atoms with van der Waals surface area (Å²) in [6, 6.07) is 8.66. The minimum Gasteiger partial charge on any atom is -0.219 e. The van der Waals surface area contributed by atoms with Gasteiger partial charge < -0.3 is 0 Å². The first-order valence-corrected chi connectivity index (χ1v) is 6.69. The Labute approximate surface area is 90.6 Å². The molecule has 0 aromatic heterocycles. The Balaban J connectivity index is 2.39. The highest BCUT2D eigenvalue weighted by atomic mass is 32.2. The Kier molecular flexibility index (Phi) is 2.91. The molecule has 3 heteroatoms. The highest BCUT2D eigenvalue weighted by molar-refractivity contribution is 7.95. The number of benzene rings is 1. The van der Waals surface area contributed by atoms with E-state index in [1.165, 1.54) is 0 Å². The fraction of sp³-hybridized carbons (Fsp3) is 0.333. The van der Waals surface area contributed by atoms with E-state index in [4.69, 9.17) is 0 Å². The predicted octanol–water partition coefficient (Wildman–Crippen LogP) is 2.92. The maximum Gasteiger partial charge on any atom is 0.202 e. The van der Waals surface area contributed by atoms with Gasteiger partial charge >= 0.3 is 0 Å². The van der Waals surface area contributed by atoms with Gasteiger partial charge in [-0.3, -0.25) is 0 Å². The van der Waals surface area contributed by atoms with Crippen molar-refractivity contribution in [1.29, 1.82) is 0 Å². The monoisotopic (exact) mass is 222 g/mol. The van der Waals surface area contributed by atoms with Gasteiger partial charge in [0.15, 0.2) is 0 Å². The van der Waals surface area contributed by atoms with Crippen LogP contribution < -0.4 is 0 Å². The second-order valence-corrected chi connectivity index (χ2v) is 5.74. The van der Waals surface area contributed by atoms with E-state index in [0.717, 1.165) is 19.3 Å². The summed E-state index contributed by atoms with van der Waals surface area (Å²) in [5.41, 5.74) is 0. The third-order valence-corrected chi connectivity index (χ3v) is 4.60. The molecule has 0 N–H and O–H groups in total. The van der Waals surface area contributed by atoms with Gasteiger partial charge in [-0.15, -0.1) is 0 Å². The van der Waals surface area contributed by atoms with Crippen molar-refractivity contribution in [2.45, 2.75) is 30.6 Å². The van der Waals surface area contributed by atoms with Crippen LogP contribution in [-0.2, 0) is 9.84 Å². The van der Waals surface area contributed by atoms with Crippen molar-refractivity contribution in [3.8, 4) is 0 Å². The van der Waals surface area contributed by atoms with Gasteiger partial charge in [0.05, 0.1) is 4.90 Å². The molecule has 0 fully saturated rings. The van der Waals surface area contributed by atoms with Gasteiger partial charge in [-0.05, 0) is 37.8 Å². The highest BCUT2D eigenvalue weighted by Crippen LogP contribution is 2.27. The smallest absolute Gasteiger partial charge is 0.202 e. The first-order chi connectivity index (χ1) is 7.21. The lowest BCUT2D eigenvalue weighted by atomic mass is 10.1. The molecule has 2 nitrogen and oxygen atoms in total. The number of hydrogen-bond donors (Lipinski definition) is 0. The van der Waals surface area contributed by atoms with Crippen LogP contribution in [0.3, 0.4) is 0 Å². The molecule has 0 amide bonds. The molecular formula is C12H14O2S. The van der Waals surface area contributed by atoms with Crippen molar-refractivity contribution in [2.24, 2.45) is 0 Å². The summed E-state index contributed by atoms with van der Waals surface area (Å²) in [4.78, 5) is 1.01. The lowest BCUT2D eigenvalue weighted by molar-refractivity contribution is 0.595. The second kappa shape index (κ2) is 4.19. The van der Waals surface area contributed by atoms with E-state index in [-0.39, 0.29) is 0 Å². The Bertz CT molecular complexity index is 458. The van der Waals surface area contributed by atoms with Crippen LogP contribution in [0, 0.1) is 0 Å². The summed E-state index contributed by atoms with van der Waals surface area (Å²) >= 11 is 0. The van der Waals surface area contributed by atoms with Gasteiger partial charge in [-0.1, -0.05) is 24.3 Å². The average Bonchev–Trinajstić information content (AvgIpc) is 2.31. The maximum absolute atomic E-state index is 12.1. The number of sulfone groups is 1. The molecule has 0 aliphatic heterocycles. The molecule has 0 saturated heterocycles. The van der Waals surface area contributed by atoms with E-state index in [1.54, 1.807) is 24.3 Å². The summed E-state index contributed by atoms with van der Waals surface area (Å²) in [5, 5.41) is 0. The van der Waals surface area contributed by atoms with Crippen LogP contribution in [-0.4, -0.2) is 8.42 Å². The third kappa shape index (κ3) is 2.12. The van der Waals surface area contributed by atoms with E-state index in [2.05, 4.69) is 0 Å². The summed E-state index contributed by atoms with van der Waals surface area (Å²) in [5.74, 6) is 0. The molecule has 15 heavy (non-hydrogen) atoms. The van der Waals surface area contributed by atoms with Crippen molar-refractivity contribution in [2.75, 3.05) is 0 Å². The number of rotatable bonds is 2. The van der Waals surface area contributed by atoms with Crippen LogP contribution in [0.15, 0.2) is 46.2 Å². The lowest BCUT2D eigenvalue weighted by Gasteiger charge is -2.13. The molecule has 0 saturated carbocycles. The Hall–Kier alpha value is -1.09. The molecule has 0 bridgehead atoms. The molecule has 1 aromatic rings. The topological polar surface area (TPSA) is 34.1 Å². The van der Waals surface area contributed by atoms with Gasteiger partial charge in [-0.25, -0.2) is 8.42 Å². The molecule has 0 spiro atoms. The van der Waals surface area contributed by atoms with Crippen LogP contribution in [0.25, 0.3) is 0 Å². The Morgan fingerprint density at radius 1 is 1.00 bits per heavy atom. The molecule has 1 aromatic carbocycles. The summed E-state index contributed by atoms with van der Waals surface area (Å²) in [6.07, 6.45) is 5.54. The molecule has 0 radical (unpaired) electrons. The van der Waals surface area contributed by atoms with Crippen LogP contribution in [0.5, 0.6) is 0 Å². The van der Waals surface area contributed by atoms with Gasteiger partial charge in [0, 0.05) is 4.91 Å². The van der Waals surface area contributed by atoms with Crippen molar-refractivity contribution in [3.63, 3.8) is 0 Å². The highest BCUT2D eigenvalue weighted by Gasteiger charge is 2.21. The van der Waals surface area contributed by atoms with E-state index in [1.807, 2.05) is 12.1 Å². The molecule has 2 rings (SSSR count). The van der Waals surface area contributed by atoms with Crippen LogP contribution in [0.4, 0.5) is 0 Å². The summed E-state index contributed by atoms with van der Waals surface area (Å²) in [7, 11) is -3.20. The SMILES string of the molecule is O=S(=O)(C1=CCCCC1)c1ccccc1. The first kappa shape index (κ1) is 10.4. The van der Waals surface area contributed by atoms with Gasteiger partial charge in [0.25, 0.3) is 0 Å². The predicted molar refractivity (Wildman–Crippen MR) is 60.2 cm³/mol.